The van der Waals surface area contributed by atoms with Crippen molar-refractivity contribution in [1.29, 1.82) is 0 Å². The van der Waals surface area contributed by atoms with E-state index in [4.69, 9.17) is 9.15 Å². The van der Waals surface area contributed by atoms with Gasteiger partial charge in [0, 0.05) is 12.0 Å². The fourth-order valence-electron chi connectivity index (χ4n) is 2.09. The van der Waals surface area contributed by atoms with E-state index in [2.05, 4.69) is 4.98 Å². The average Bonchev–Trinajstić information content (AvgIpc) is 3.19. The molecule has 1 aliphatic rings. The molecule has 1 heterocycles. The topological polar surface area (TPSA) is 52.3 Å². The highest BCUT2D eigenvalue weighted by molar-refractivity contribution is 5.88. The van der Waals surface area contributed by atoms with Crippen LogP contribution in [0, 0.1) is 11.6 Å². The predicted molar refractivity (Wildman–Crippen MR) is 69.8 cm³/mol. The van der Waals surface area contributed by atoms with Gasteiger partial charge in [0.25, 0.3) is 0 Å². The normalized spacial score (nSPS) is 14.2. The summed E-state index contributed by atoms with van der Waals surface area (Å²) in [5.74, 6) is -1.95. The number of hydrogen-bond donors (Lipinski definition) is 0. The molecule has 0 amide bonds. The zero-order chi connectivity index (χ0) is 15.0. The maximum Gasteiger partial charge on any atom is 0.376 e. The van der Waals surface area contributed by atoms with Gasteiger partial charge in [-0.15, -0.1) is 0 Å². The number of oxazole rings is 1. The van der Waals surface area contributed by atoms with Gasteiger partial charge in [0.2, 0.25) is 11.7 Å². The van der Waals surface area contributed by atoms with Gasteiger partial charge in [-0.3, -0.25) is 0 Å². The highest BCUT2D eigenvalue weighted by atomic mass is 19.1. The first-order chi connectivity index (χ1) is 10.1. The van der Waals surface area contributed by atoms with E-state index in [-0.39, 0.29) is 29.7 Å². The molecule has 1 fully saturated rings. The van der Waals surface area contributed by atoms with Crippen molar-refractivity contribution in [1.82, 2.24) is 4.98 Å². The summed E-state index contributed by atoms with van der Waals surface area (Å²) >= 11 is 0. The van der Waals surface area contributed by atoms with Crippen molar-refractivity contribution in [2.75, 3.05) is 6.61 Å². The third kappa shape index (κ3) is 2.66. The van der Waals surface area contributed by atoms with E-state index in [0.717, 1.165) is 25.0 Å². The summed E-state index contributed by atoms with van der Waals surface area (Å²) in [6.45, 7) is 1.90. The lowest BCUT2D eigenvalue weighted by molar-refractivity contribution is 0.0489. The fourth-order valence-corrected chi connectivity index (χ4v) is 2.09. The largest absolute Gasteiger partial charge is 0.460 e. The van der Waals surface area contributed by atoms with Crippen LogP contribution >= 0.6 is 0 Å². The molecule has 0 spiro atoms. The molecule has 0 bridgehead atoms. The smallest absolute Gasteiger partial charge is 0.376 e. The Morgan fingerprint density at radius 2 is 2.19 bits per heavy atom. The Morgan fingerprint density at radius 1 is 1.43 bits per heavy atom. The van der Waals surface area contributed by atoms with Crippen molar-refractivity contribution in [2.24, 2.45) is 0 Å². The molecule has 1 saturated carbocycles. The van der Waals surface area contributed by atoms with E-state index in [9.17, 15) is 13.6 Å². The first-order valence-electron chi connectivity index (χ1n) is 6.73. The molecule has 0 aliphatic heterocycles. The summed E-state index contributed by atoms with van der Waals surface area (Å²) in [6, 6.07) is 3.10. The second-order valence-electron chi connectivity index (χ2n) is 4.85. The molecule has 21 heavy (non-hydrogen) atoms. The van der Waals surface area contributed by atoms with Gasteiger partial charge >= 0.3 is 5.97 Å². The Labute approximate surface area is 119 Å². The number of carbonyl (C=O) groups is 1. The minimum atomic E-state index is -0.783. The lowest BCUT2D eigenvalue weighted by Gasteiger charge is -1.99. The molecule has 1 aromatic carbocycles. The van der Waals surface area contributed by atoms with Crippen LogP contribution in [-0.2, 0) is 4.74 Å². The van der Waals surface area contributed by atoms with E-state index in [1.165, 1.54) is 6.07 Å². The van der Waals surface area contributed by atoms with Gasteiger partial charge in [0.05, 0.1) is 17.9 Å². The van der Waals surface area contributed by atoms with Crippen LogP contribution in [0.3, 0.4) is 0 Å². The van der Waals surface area contributed by atoms with Crippen molar-refractivity contribution >= 4 is 5.97 Å². The Balaban J connectivity index is 2.03. The second kappa shape index (κ2) is 5.27. The number of esters is 1. The van der Waals surface area contributed by atoms with Crippen molar-refractivity contribution < 1.29 is 22.7 Å². The first kappa shape index (κ1) is 13.7. The molecule has 1 aliphatic carbocycles. The summed E-state index contributed by atoms with van der Waals surface area (Å²) in [5.41, 5.74) is 0.515. The average molecular weight is 293 g/mol. The molecule has 0 atom stereocenters. The summed E-state index contributed by atoms with van der Waals surface area (Å²) in [4.78, 5) is 16.1. The number of halogens is 2. The highest BCUT2D eigenvalue weighted by Crippen LogP contribution is 2.42. The van der Waals surface area contributed by atoms with E-state index in [0.29, 0.717) is 5.69 Å². The number of nitrogens with zero attached hydrogens (tertiary/aromatic N) is 1. The van der Waals surface area contributed by atoms with Crippen LogP contribution in [0.2, 0.25) is 0 Å². The van der Waals surface area contributed by atoms with Gasteiger partial charge < -0.3 is 9.15 Å². The third-order valence-corrected chi connectivity index (χ3v) is 3.24. The zero-order valence-corrected chi connectivity index (χ0v) is 11.4. The SMILES string of the molecule is CCOC(=O)c1oc(-c2ccc(F)cc2F)nc1C1CC1. The van der Waals surface area contributed by atoms with Crippen molar-refractivity contribution in [2.45, 2.75) is 25.7 Å². The predicted octanol–water partition coefficient (Wildman–Crippen LogP) is 3.67. The Kier molecular flexibility index (Phi) is 3.45. The van der Waals surface area contributed by atoms with Gasteiger partial charge in [-0.2, -0.15) is 0 Å². The molecule has 0 saturated heterocycles. The van der Waals surface area contributed by atoms with Gasteiger partial charge in [-0.1, -0.05) is 0 Å². The molecule has 3 rings (SSSR count). The zero-order valence-electron chi connectivity index (χ0n) is 11.4. The molecule has 2 aromatic rings. The van der Waals surface area contributed by atoms with Crippen LogP contribution in [-0.4, -0.2) is 17.6 Å². The minimum absolute atomic E-state index is 0.0121. The van der Waals surface area contributed by atoms with Crippen LogP contribution in [0.5, 0.6) is 0 Å². The molecule has 0 unspecified atom stereocenters. The molecule has 4 nitrogen and oxygen atoms in total. The van der Waals surface area contributed by atoms with Crippen LogP contribution in [0.15, 0.2) is 22.6 Å². The van der Waals surface area contributed by atoms with E-state index < -0.39 is 17.6 Å². The molecular weight excluding hydrogens is 280 g/mol. The van der Waals surface area contributed by atoms with Crippen molar-refractivity contribution in [3.8, 4) is 11.5 Å². The molecule has 110 valence electrons. The number of carbonyl (C=O) groups excluding carboxylic acids is 1. The Morgan fingerprint density at radius 3 is 2.81 bits per heavy atom. The number of rotatable bonds is 4. The Hall–Kier alpha value is -2.24. The highest BCUT2D eigenvalue weighted by Gasteiger charge is 2.34. The van der Waals surface area contributed by atoms with E-state index >= 15 is 0 Å². The number of ether oxygens (including phenoxy) is 1. The molecule has 0 N–H and O–H groups in total. The van der Waals surface area contributed by atoms with E-state index in [1.807, 2.05) is 0 Å². The standard InChI is InChI=1S/C15H13F2NO3/c1-2-20-15(19)13-12(8-3-4-8)18-14(21-13)10-6-5-9(16)7-11(10)17/h5-8H,2-4H2,1H3. The lowest BCUT2D eigenvalue weighted by atomic mass is 10.2. The second-order valence-corrected chi connectivity index (χ2v) is 4.85. The first-order valence-corrected chi connectivity index (χ1v) is 6.73. The number of aromatic nitrogens is 1. The third-order valence-electron chi connectivity index (χ3n) is 3.24. The molecule has 0 radical (unpaired) electrons. The summed E-state index contributed by atoms with van der Waals surface area (Å²) < 4.78 is 37.0. The van der Waals surface area contributed by atoms with Crippen molar-refractivity contribution in [3.63, 3.8) is 0 Å². The van der Waals surface area contributed by atoms with Crippen LogP contribution < -0.4 is 0 Å². The van der Waals surface area contributed by atoms with Crippen LogP contribution in [0.4, 0.5) is 8.78 Å². The monoisotopic (exact) mass is 293 g/mol. The van der Waals surface area contributed by atoms with Gasteiger partial charge in [0.15, 0.2) is 0 Å². The van der Waals surface area contributed by atoms with Gasteiger partial charge in [-0.05, 0) is 31.9 Å². The van der Waals surface area contributed by atoms with Crippen LogP contribution in [0.1, 0.15) is 41.9 Å². The quantitative estimate of drug-likeness (QED) is 0.807. The number of benzene rings is 1. The van der Waals surface area contributed by atoms with Crippen LogP contribution in [0.25, 0.3) is 11.5 Å². The fraction of sp³-hybridized carbons (Fsp3) is 0.333. The van der Waals surface area contributed by atoms with Gasteiger partial charge in [-0.25, -0.2) is 18.6 Å². The Bertz CT molecular complexity index is 692. The number of hydrogen-bond acceptors (Lipinski definition) is 4. The summed E-state index contributed by atoms with van der Waals surface area (Å²) in [7, 11) is 0. The molecule has 6 heteroatoms. The maximum absolute atomic E-state index is 13.8. The summed E-state index contributed by atoms with van der Waals surface area (Å²) in [5, 5.41) is 0. The lowest BCUT2D eigenvalue weighted by Crippen LogP contribution is -2.05. The minimum Gasteiger partial charge on any atom is -0.460 e. The van der Waals surface area contributed by atoms with Gasteiger partial charge in [0.1, 0.15) is 11.6 Å². The van der Waals surface area contributed by atoms with Crippen molar-refractivity contribution in [3.05, 3.63) is 41.3 Å². The summed E-state index contributed by atoms with van der Waals surface area (Å²) in [6.07, 6.45) is 1.81. The maximum atomic E-state index is 13.8. The molecule has 1 aromatic heterocycles. The molecular formula is C15H13F2NO3. The van der Waals surface area contributed by atoms with E-state index in [1.54, 1.807) is 6.92 Å².